The Bertz CT molecular complexity index is 679. The number of aliphatic hydroxyl groups is 1. The van der Waals surface area contributed by atoms with Crippen molar-refractivity contribution in [2.24, 2.45) is 0 Å². The molecule has 1 saturated carbocycles. The molecule has 0 unspecified atom stereocenters. The highest BCUT2D eigenvalue weighted by atomic mass is 16.3. The zero-order chi connectivity index (χ0) is 16.2. The van der Waals surface area contributed by atoms with E-state index >= 15 is 0 Å². The van der Waals surface area contributed by atoms with Crippen molar-refractivity contribution in [3.05, 3.63) is 47.3 Å². The summed E-state index contributed by atoms with van der Waals surface area (Å²) in [5, 5.41) is 20.5. The molecule has 1 amide bonds. The third-order valence-electron chi connectivity index (χ3n) is 4.17. The third-order valence-corrected chi connectivity index (χ3v) is 4.17. The summed E-state index contributed by atoms with van der Waals surface area (Å²) in [7, 11) is 0. The summed E-state index contributed by atoms with van der Waals surface area (Å²) >= 11 is 0. The number of aryl methyl sites for hydroxylation is 1. The van der Waals surface area contributed by atoms with Crippen LogP contribution in [0.25, 0.3) is 0 Å². The first kappa shape index (κ1) is 15.7. The Morgan fingerprint density at radius 3 is 2.91 bits per heavy atom. The number of amides is 1. The second-order valence-electron chi connectivity index (χ2n) is 6.19. The van der Waals surface area contributed by atoms with E-state index < -0.39 is 0 Å². The second-order valence-corrected chi connectivity index (χ2v) is 6.19. The number of nitrogens with one attached hydrogen (secondary N) is 1. The number of benzene rings is 1. The highest BCUT2D eigenvalue weighted by Gasteiger charge is 2.26. The van der Waals surface area contributed by atoms with Crippen LogP contribution >= 0.6 is 0 Å². The van der Waals surface area contributed by atoms with Crippen LogP contribution in [0, 0.1) is 6.92 Å². The van der Waals surface area contributed by atoms with E-state index in [1.165, 1.54) is 0 Å². The van der Waals surface area contributed by atoms with Gasteiger partial charge in [0.1, 0.15) is 6.54 Å². The Morgan fingerprint density at radius 2 is 2.22 bits per heavy atom. The maximum Gasteiger partial charge on any atom is 0.242 e. The number of carbonyl (C=O) groups is 1. The van der Waals surface area contributed by atoms with Crippen molar-refractivity contribution in [2.45, 2.75) is 44.7 Å². The number of hydrogen-bond acceptors (Lipinski definition) is 4. The van der Waals surface area contributed by atoms with Gasteiger partial charge in [0.15, 0.2) is 0 Å². The van der Waals surface area contributed by atoms with E-state index in [0.717, 1.165) is 29.7 Å². The topological polar surface area (TPSA) is 80.0 Å². The number of aromatic nitrogens is 3. The molecule has 0 aliphatic heterocycles. The van der Waals surface area contributed by atoms with Crippen LogP contribution in [0.3, 0.4) is 0 Å². The number of rotatable bonds is 7. The molecule has 6 nitrogen and oxygen atoms in total. The van der Waals surface area contributed by atoms with Gasteiger partial charge in [-0.25, -0.2) is 4.68 Å². The average Bonchev–Trinajstić information content (AvgIpc) is 3.29. The lowest BCUT2D eigenvalue weighted by Gasteiger charge is -2.17. The van der Waals surface area contributed by atoms with Gasteiger partial charge in [-0.2, -0.15) is 0 Å². The molecule has 3 rings (SSSR count). The van der Waals surface area contributed by atoms with Crippen LogP contribution in [0.5, 0.6) is 0 Å². The van der Waals surface area contributed by atoms with Crippen molar-refractivity contribution < 1.29 is 9.90 Å². The smallest absolute Gasteiger partial charge is 0.242 e. The van der Waals surface area contributed by atoms with E-state index in [2.05, 4.69) is 15.6 Å². The molecular formula is C17H22N4O2. The second kappa shape index (κ2) is 6.91. The van der Waals surface area contributed by atoms with Crippen LogP contribution in [0.4, 0.5) is 0 Å². The maximum absolute atomic E-state index is 12.1. The summed E-state index contributed by atoms with van der Waals surface area (Å²) in [5.41, 5.74) is 3.26. The summed E-state index contributed by atoms with van der Waals surface area (Å²) in [6.45, 7) is 2.06. The molecule has 122 valence electrons. The Balaban J connectivity index is 1.55. The van der Waals surface area contributed by atoms with Crippen molar-refractivity contribution in [3.63, 3.8) is 0 Å². The van der Waals surface area contributed by atoms with Gasteiger partial charge in [-0.15, -0.1) is 5.10 Å². The molecule has 2 aromatic rings. The van der Waals surface area contributed by atoms with E-state index in [4.69, 9.17) is 0 Å². The minimum atomic E-state index is -0.296. The van der Waals surface area contributed by atoms with Gasteiger partial charge in [-0.05, 0) is 37.3 Å². The Hall–Kier alpha value is -2.21. The first-order valence-electron chi connectivity index (χ1n) is 8.00. The van der Waals surface area contributed by atoms with E-state index in [0.29, 0.717) is 12.3 Å². The van der Waals surface area contributed by atoms with Crippen LogP contribution < -0.4 is 5.32 Å². The highest BCUT2D eigenvalue weighted by Crippen LogP contribution is 2.38. The fraction of sp³-hybridized carbons (Fsp3) is 0.471. The molecule has 0 radical (unpaired) electrons. The van der Waals surface area contributed by atoms with Gasteiger partial charge in [0.2, 0.25) is 5.91 Å². The number of aliphatic hydroxyl groups excluding tert-OH is 1. The van der Waals surface area contributed by atoms with E-state index in [1.807, 2.05) is 37.4 Å². The van der Waals surface area contributed by atoms with Gasteiger partial charge < -0.3 is 10.4 Å². The quantitative estimate of drug-likeness (QED) is 0.804. The van der Waals surface area contributed by atoms with E-state index in [1.54, 1.807) is 4.68 Å². The predicted octanol–water partition coefficient (Wildman–Crippen LogP) is 1.18. The lowest BCUT2D eigenvalue weighted by Crippen LogP contribution is -2.41. The zero-order valence-corrected chi connectivity index (χ0v) is 13.3. The fourth-order valence-electron chi connectivity index (χ4n) is 2.64. The van der Waals surface area contributed by atoms with Crippen molar-refractivity contribution in [2.75, 3.05) is 6.61 Å². The average molecular weight is 314 g/mol. The summed E-state index contributed by atoms with van der Waals surface area (Å²) in [6.07, 6.45) is 4.77. The molecule has 0 bridgehead atoms. The lowest BCUT2D eigenvalue weighted by atomic mass is 10.0. The molecule has 1 fully saturated rings. The summed E-state index contributed by atoms with van der Waals surface area (Å²) < 4.78 is 1.56. The number of hydrogen-bond donors (Lipinski definition) is 2. The minimum Gasteiger partial charge on any atom is -0.394 e. The number of nitrogens with zero attached hydrogens (tertiary/aromatic N) is 3. The first-order valence-corrected chi connectivity index (χ1v) is 8.00. The largest absolute Gasteiger partial charge is 0.394 e. The Labute approximate surface area is 135 Å². The molecule has 1 heterocycles. The van der Waals surface area contributed by atoms with Crippen molar-refractivity contribution >= 4 is 5.91 Å². The molecule has 23 heavy (non-hydrogen) atoms. The Morgan fingerprint density at radius 1 is 1.43 bits per heavy atom. The van der Waals surface area contributed by atoms with Crippen LogP contribution in [-0.4, -0.2) is 38.7 Å². The van der Waals surface area contributed by atoms with Gasteiger partial charge in [0.25, 0.3) is 0 Å². The standard InChI is InChI=1S/C17H22N4O2/c1-12-4-2-3-5-14(12)8-15(11-22)18-17(23)10-21-9-16(19-20-21)13-6-7-13/h2-5,9,13,15,22H,6-8,10-11H2,1H3,(H,18,23)/t15-/m0/s1. The molecule has 2 N–H and O–H groups in total. The van der Waals surface area contributed by atoms with Crippen LogP contribution in [0.2, 0.25) is 0 Å². The van der Waals surface area contributed by atoms with Crippen LogP contribution in [0.1, 0.15) is 35.6 Å². The van der Waals surface area contributed by atoms with Gasteiger partial charge in [0.05, 0.1) is 18.3 Å². The molecule has 1 aliphatic rings. The molecular weight excluding hydrogens is 292 g/mol. The van der Waals surface area contributed by atoms with E-state index in [-0.39, 0.29) is 25.1 Å². The van der Waals surface area contributed by atoms with E-state index in [9.17, 15) is 9.90 Å². The molecule has 0 saturated heterocycles. The van der Waals surface area contributed by atoms with Gasteiger partial charge in [-0.3, -0.25) is 4.79 Å². The molecule has 1 aliphatic carbocycles. The molecule has 1 aromatic heterocycles. The normalized spacial score (nSPS) is 15.4. The van der Waals surface area contributed by atoms with Crippen LogP contribution in [0.15, 0.2) is 30.5 Å². The molecule has 6 heteroatoms. The third kappa shape index (κ3) is 4.16. The lowest BCUT2D eigenvalue weighted by molar-refractivity contribution is -0.122. The Kier molecular flexibility index (Phi) is 4.71. The molecule has 0 spiro atoms. The van der Waals surface area contributed by atoms with Crippen molar-refractivity contribution in [1.82, 2.24) is 20.3 Å². The van der Waals surface area contributed by atoms with Crippen LogP contribution in [-0.2, 0) is 17.8 Å². The predicted molar refractivity (Wildman–Crippen MR) is 85.9 cm³/mol. The van der Waals surface area contributed by atoms with Gasteiger partial charge in [-0.1, -0.05) is 29.5 Å². The summed E-state index contributed by atoms with van der Waals surface area (Å²) in [4.78, 5) is 12.1. The monoisotopic (exact) mass is 314 g/mol. The summed E-state index contributed by atoms with van der Waals surface area (Å²) in [6, 6.07) is 7.69. The fourth-order valence-corrected chi connectivity index (χ4v) is 2.64. The highest BCUT2D eigenvalue weighted by molar-refractivity contribution is 5.76. The minimum absolute atomic E-state index is 0.0925. The summed E-state index contributed by atoms with van der Waals surface area (Å²) in [5.74, 6) is 0.364. The SMILES string of the molecule is Cc1ccccc1C[C@@H](CO)NC(=O)Cn1cc(C2CC2)nn1. The molecule has 1 atom stereocenters. The zero-order valence-electron chi connectivity index (χ0n) is 13.3. The van der Waals surface area contributed by atoms with Gasteiger partial charge in [0, 0.05) is 12.1 Å². The maximum atomic E-state index is 12.1. The molecule has 1 aromatic carbocycles. The first-order chi connectivity index (χ1) is 11.2. The number of carbonyl (C=O) groups excluding carboxylic acids is 1. The van der Waals surface area contributed by atoms with Crippen molar-refractivity contribution in [3.8, 4) is 0 Å². The van der Waals surface area contributed by atoms with Crippen molar-refractivity contribution in [1.29, 1.82) is 0 Å². The van der Waals surface area contributed by atoms with Gasteiger partial charge >= 0.3 is 0 Å².